The molecule has 3 N–H and O–H groups in total. The fourth-order valence-electron chi connectivity index (χ4n) is 8.01. The van der Waals surface area contributed by atoms with Crippen molar-refractivity contribution in [1.29, 1.82) is 0 Å². The lowest BCUT2D eigenvalue weighted by molar-refractivity contribution is -0.131. The zero-order valence-corrected chi connectivity index (χ0v) is 26.2. The fraction of sp³-hybridized carbons (Fsp3) is 0.412. The van der Waals surface area contributed by atoms with E-state index in [0.29, 0.717) is 35.0 Å². The maximum Gasteiger partial charge on any atom is 0.254 e. The Morgan fingerprint density at radius 1 is 1.05 bits per heavy atom. The minimum Gasteiger partial charge on any atom is -0.496 e. The van der Waals surface area contributed by atoms with Crippen molar-refractivity contribution < 1.29 is 14.3 Å². The summed E-state index contributed by atoms with van der Waals surface area (Å²) in [6.07, 6.45) is 1.85. The highest BCUT2D eigenvalue weighted by Gasteiger charge is 2.64. The number of ether oxygens (including phenoxy) is 1. The van der Waals surface area contributed by atoms with E-state index in [4.69, 9.17) is 33.7 Å². The molecule has 0 saturated carbocycles. The molecule has 2 aliphatic heterocycles. The first-order valence-corrected chi connectivity index (χ1v) is 15.4. The third kappa shape index (κ3) is 4.78. The molecule has 3 aromatic rings. The van der Waals surface area contributed by atoms with Crippen molar-refractivity contribution in [2.45, 2.75) is 56.9 Å². The van der Waals surface area contributed by atoms with Crippen LogP contribution in [0, 0.1) is 19.8 Å². The number of halogens is 2. The summed E-state index contributed by atoms with van der Waals surface area (Å²) in [6.45, 7) is 7.97. The molecule has 0 radical (unpaired) electrons. The number of carbonyl (C=O) groups is 2. The average Bonchev–Trinajstić information content (AvgIpc) is 3.53. The lowest BCUT2D eigenvalue weighted by Crippen LogP contribution is -2.70. The van der Waals surface area contributed by atoms with Gasteiger partial charge in [0.2, 0.25) is 5.91 Å². The minimum absolute atomic E-state index is 0.0613. The van der Waals surface area contributed by atoms with Crippen LogP contribution in [0.2, 0.25) is 10.0 Å². The van der Waals surface area contributed by atoms with Crippen LogP contribution in [-0.4, -0.2) is 49.0 Å². The SMILES string of the molecule is CCC1(C2CCNC2)C(c2ccc(Cl)c(Cl)c2)C(C(N)=O)(c2ccccc2)CCN1C(=O)c1cc(C)c(OC)c(C)c1. The van der Waals surface area contributed by atoms with Gasteiger partial charge in [-0.05, 0) is 92.1 Å². The number of methoxy groups -OCH3 is 1. The number of hydrogen-bond acceptors (Lipinski definition) is 4. The van der Waals surface area contributed by atoms with Crippen LogP contribution >= 0.6 is 23.2 Å². The maximum atomic E-state index is 14.8. The zero-order valence-electron chi connectivity index (χ0n) is 24.7. The second-order valence-corrected chi connectivity index (χ2v) is 12.5. The number of carbonyl (C=O) groups excluding carboxylic acids is 2. The number of nitrogens with zero attached hydrogens (tertiary/aromatic N) is 1. The van der Waals surface area contributed by atoms with Crippen molar-refractivity contribution in [1.82, 2.24) is 10.2 Å². The Morgan fingerprint density at radius 2 is 1.74 bits per heavy atom. The molecule has 42 heavy (non-hydrogen) atoms. The molecule has 2 fully saturated rings. The Bertz CT molecular complexity index is 1470. The first kappa shape index (κ1) is 30.4. The van der Waals surface area contributed by atoms with Gasteiger partial charge in [0.05, 0.1) is 28.1 Å². The Labute approximate surface area is 258 Å². The molecule has 0 bridgehead atoms. The van der Waals surface area contributed by atoms with Crippen LogP contribution in [-0.2, 0) is 10.2 Å². The van der Waals surface area contributed by atoms with E-state index in [-0.39, 0.29) is 11.8 Å². The molecule has 4 atom stereocenters. The van der Waals surface area contributed by atoms with Gasteiger partial charge in [0.15, 0.2) is 0 Å². The van der Waals surface area contributed by atoms with Crippen molar-refractivity contribution in [3.05, 3.63) is 98.5 Å². The van der Waals surface area contributed by atoms with Crippen molar-refractivity contribution in [2.75, 3.05) is 26.7 Å². The van der Waals surface area contributed by atoms with E-state index in [1.807, 2.05) is 73.3 Å². The van der Waals surface area contributed by atoms with Crippen LogP contribution in [0.15, 0.2) is 60.7 Å². The summed E-state index contributed by atoms with van der Waals surface area (Å²) in [5.74, 6) is -0.107. The predicted molar refractivity (Wildman–Crippen MR) is 169 cm³/mol. The van der Waals surface area contributed by atoms with Crippen LogP contribution in [0.4, 0.5) is 0 Å². The van der Waals surface area contributed by atoms with Crippen LogP contribution in [0.3, 0.4) is 0 Å². The Balaban J connectivity index is 1.81. The average molecular weight is 609 g/mol. The predicted octanol–water partition coefficient (Wildman–Crippen LogP) is 6.43. The maximum absolute atomic E-state index is 14.8. The number of piperidine rings is 1. The molecule has 3 aromatic carbocycles. The van der Waals surface area contributed by atoms with Crippen molar-refractivity contribution >= 4 is 35.0 Å². The van der Waals surface area contributed by atoms with E-state index in [9.17, 15) is 9.59 Å². The number of rotatable bonds is 7. The van der Waals surface area contributed by atoms with E-state index >= 15 is 0 Å². The summed E-state index contributed by atoms with van der Waals surface area (Å²) in [4.78, 5) is 30.8. The first-order valence-electron chi connectivity index (χ1n) is 14.6. The minimum atomic E-state index is -1.08. The molecule has 2 saturated heterocycles. The summed E-state index contributed by atoms with van der Waals surface area (Å²) in [5.41, 5.74) is 8.74. The van der Waals surface area contributed by atoms with Gasteiger partial charge in [-0.15, -0.1) is 0 Å². The van der Waals surface area contributed by atoms with E-state index in [1.54, 1.807) is 13.2 Å². The molecule has 8 heteroatoms. The van der Waals surface area contributed by atoms with E-state index in [1.165, 1.54) is 0 Å². The molecule has 0 spiro atoms. The van der Waals surface area contributed by atoms with Gasteiger partial charge in [0.1, 0.15) is 5.75 Å². The van der Waals surface area contributed by atoms with Gasteiger partial charge in [-0.3, -0.25) is 9.59 Å². The molecule has 4 unspecified atom stereocenters. The second-order valence-electron chi connectivity index (χ2n) is 11.7. The number of benzene rings is 3. The fourth-order valence-corrected chi connectivity index (χ4v) is 8.31. The highest BCUT2D eigenvalue weighted by Crippen LogP contribution is 2.58. The third-order valence-corrected chi connectivity index (χ3v) is 10.5. The standard InChI is InChI=1S/C34H39Cl2N3O3/c1-5-34(26-13-15-38-20-26)30(23-11-12-27(35)28(36)19-23)33(32(37)41,25-9-7-6-8-10-25)14-16-39(34)31(40)24-17-21(2)29(42-4)22(3)18-24/h6-12,17-19,26,30,38H,5,13-16,20H2,1-4H3,(H2,37,41). The zero-order chi connectivity index (χ0) is 30.2. The third-order valence-electron chi connectivity index (χ3n) is 9.72. The van der Waals surface area contributed by atoms with Gasteiger partial charge in [0.25, 0.3) is 5.91 Å². The molecule has 2 amide bonds. The first-order chi connectivity index (χ1) is 20.1. The Kier molecular flexibility index (Phi) is 8.62. The molecule has 2 heterocycles. The number of amides is 2. The normalized spacial score (nSPS) is 25.8. The number of likely N-dealkylation sites (tertiary alicyclic amines) is 1. The van der Waals surface area contributed by atoms with Gasteiger partial charge in [-0.2, -0.15) is 0 Å². The summed E-state index contributed by atoms with van der Waals surface area (Å²) in [6, 6.07) is 19.2. The molecule has 5 rings (SSSR count). The number of nitrogens with two attached hydrogens (primary N) is 1. The number of aryl methyl sites for hydroxylation is 2. The van der Waals surface area contributed by atoms with E-state index < -0.39 is 22.8 Å². The molecule has 6 nitrogen and oxygen atoms in total. The monoisotopic (exact) mass is 607 g/mol. The van der Waals surface area contributed by atoms with Crippen molar-refractivity contribution in [3.8, 4) is 5.75 Å². The molecule has 2 aliphatic rings. The summed E-state index contributed by atoms with van der Waals surface area (Å²) in [7, 11) is 1.64. The largest absolute Gasteiger partial charge is 0.496 e. The summed E-state index contributed by atoms with van der Waals surface area (Å²) in [5, 5.41) is 4.37. The van der Waals surface area contributed by atoms with Crippen molar-refractivity contribution in [2.24, 2.45) is 11.7 Å². The van der Waals surface area contributed by atoms with Gasteiger partial charge in [0, 0.05) is 24.6 Å². The van der Waals surface area contributed by atoms with Gasteiger partial charge in [-0.1, -0.05) is 66.5 Å². The smallest absolute Gasteiger partial charge is 0.254 e. The van der Waals surface area contributed by atoms with Crippen LogP contribution in [0.25, 0.3) is 0 Å². The van der Waals surface area contributed by atoms with E-state index in [2.05, 4.69) is 12.2 Å². The highest BCUT2D eigenvalue weighted by atomic mass is 35.5. The molecular formula is C34H39Cl2N3O3. The Morgan fingerprint density at radius 3 is 2.29 bits per heavy atom. The Hall–Kier alpha value is -3.06. The van der Waals surface area contributed by atoms with Crippen LogP contribution in [0.1, 0.15) is 64.7 Å². The molecular weight excluding hydrogens is 569 g/mol. The van der Waals surface area contributed by atoms with Gasteiger partial charge < -0.3 is 20.7 Å². The number of nitrogens with one attached hydrogen (secondary N) is 1. The summed E-state index contributed by atoms with van der Waals surface area (Å²) >= 11 is 13.1. The second kappa shape index (κ2) is 11.9. The molecule has 0 aliphatic carbocycles. The van der Waals surface area contributed by atoms with Crippen molar-refractivity contribution in [3.63, 3.8) is 0 Å². The number of primary amides is 1. The van der Waals surface area contributed by atoms with Gasteiger partial charge in [-0.25, -0.2) is 0 Å². The van der Waals surface area contributed by atoms with Crippen LogP contribution < -0.4 is 15.8 Å². The quantitative estimate of drug-likeness (QED) is 0.324. The molecule has 0 aromatic heterocycles. The van der Waals surface area contributed by atoms with Crippen LogP contribution in [0.5, 0.6) is 5.75 Å². The topological polar surface area (TPSA) is 84.7 Å². The number of hydrogen-bond donors (Lipinski definition) is 2. The van der Waals surface area contributed by atoms with Gasteiger partial charge >= 0.3 is 0 Å². The lowest BCUT2D eigenvalue weighted by Gasteiger charge is -2.61. The highest BCUT2D eigenvalue weighted by molar-refractivity contribution is 6.42. The lowest BCUT2D eigenvalue weighted by atomic mass is 9.51. The van der Waals surface area contributed by atoms with E-state index in [0.717, 1.165) is 47.5 Å². The molecule has 222 valence electrons. The summed E-state index contributed by atoms with van der Waals surface area (Å²) < 4.78 is 5.59.